The molecule has 0 saturated heterocycles. The van der Waals surface area contributed by atoms with Gasteiger partial charge in [0.2, 0.25) is 0 Å². The molecule has 2 aromatic carbocycles. The van der Waals surface area contributed by atoms with Crippen LogP contribution in [0.25, 0.3) is 0 Å². The largest absolute Gasteiger partial charge is 0.507 e. The van der Waals surface area contributed by atoms with Gasteiger partial charge in [0.1, 0.15) is 17.4 Å². The predicted octanol–water partition coefficient (Wildman–Crippen LogP) is 2.82. The lowest BCUT2D eigenvalue weighted by Gasteiger charge is -2.05. The second kappa shape index (κ2) is 6.13. The summed E-state index contributed by atoms with van der Waals surface area (Å²) in [6, 6.07) is 8.37. The molecule has 1 amide bonds. The standard InChI is InChI=1S/C15H12F2N2O2/c1-9(13-8-12(17)6-7-14(13)20)18-19-15(21)10-2-4-11(16)5-3-10/h2-8,20H,1H3,(H,19,21)/b18-9+. The van der Waals surface area contributed by atoms with Gasteiger partial charge in [-0.1, -0.05) is 0 Å². The molecule has 0 radical (unpaired) electrons. The Bertz CT molecular complexity index is 697. The summed E-state index contributed by atoms with van der Waals surface area (Å²) in [7, 11) is 0. The predicted molar refractivity (Wildman–Crippen MR) is 74.1 cm³/mol. The van der Waals surface area contributed by atoms with E-state index in [0.29, 0.717) is 0 Å². The van der Waals surface area contributed by atoms with Gasteiger partial charge in [-0.25, -0.2) is 14.2 Å². The Labute approximate surface area is 119 Å². The van der Waals surface area contributed by atoms with Crippen LogP contribution >= 0.6 is 0 Å². The van der Waals surface area contributed by atoms with Crippen LogP contribution < -0.4 is 5.43 Å². The zero-order valence-electron chi connectivity index (χ0n) is 11.1. The first kappa shape index (κ1) is 14.6. The van der Waals surface area contributed by atoms with E-state index in [0.717, 1.165) is 24.3 Å². The van der Waals surface area contributed by atoms with E-state index < -0.39 is 17.5 Å². The number of benzene rings is 2. The highest BCUT2D eigenvalue weighted by molar-refractivity contribution is 6.02. The molecule has 0 unspecified atom stereocenters. The van der Waals surface area contributed by atoms with Gasteiger partial charge in [-0.2, -0.15) is 5.10 Å². The van der Waals surface area contributed by atoms with Crippen molar-refractivity contribution in [2.24, 2.45) is 5.10 Å². The second-order valence-electron chi connectivity index (χ2n) is 4.31. The Morgan fingerprint density at radius 3 is 2.38 bits per heavy atom. The fourth-order valence-electron chi connectivity index (χ4n) is 1.66. The molecule has 0 aromatic heterocycles. The van der Waals surface area contributed by atoms with Gasteiger partial charge in [-0.05, 0) is 49.4 Å². The number of carbonyl (C=O) groups is 1. The minimum Gasteiger partial charge on any atom is -0.507 e. The molecule has 2 rings (SSSR count). The number of hydrazone groups is 1. The van der Waals surface area contributed by atoms with Crippen molar-refractivity contribution in [1.82, 2.24) is 5.43 Å². The zero-order valence-corrected chi connectivity index (χ0v) is 11.1. The van der Waals surface area contributed by atoms with Crippen molar-refractivity contribution in [3.63, 3.8) is 0 Å². The van der Waals surface area contributed by atoms with Crippen LogP contribution in [0.3, 0.4) is 0 Å². The molecule has 6 heteroatoms. The minimum absolute atomic E-state index is 0.145. The van der Waals surface area contributed by atoms with Gasteiger partial charge >= 0.3 is 0 Å². The van der Waals surface area contributed by atoms with Gasteiger partial charge in [0.05, 0.1) is 5.71 Å². The molecule has 0 aliphatic rings. The quantitative estimate of drug-likeness (QED) is 0.674. The highest BCUT2D eigenvalue weighted by atomic mass is 19.1. The molecule has 0 saturated carbocycles. The Balaban J connectivity index is 2.14. The molecule has 0 aliphatic heterocycles. The van der Waals surface area contributed by atoms with Crippen molar-refractivity contribution in [2.75, 3.05) is 0 Å². The zero-order chi connectivity index (χ0) is 15.4. The molecule has 0 bridgehead atoms. The molecule has 0 atom stereocenters. The van der Waals surface area contributed by atoms with Crippen LogP contribution in [0.4, 0.5) is 8.78 Å². The molecular weight excluding hydrogens is 278 g/mol. The number of carbonyl (C=O) groups excluding carboxylic acids is 1. The molecule has 21 heavy (non-hydrogen) atoms. The third-order valence-electron chi connectivity index (χ3n) is 2.78. The lowest BCUT2D eigenvalue weighted by Crippen LogP contribution is -2.19. The summed E-state index contributed by atoms with van der Waals surface area (Å²) in [5, 5.41) is 13.4. The molecule has 0 spiro atoms. The van der Waals surface area contributed by atoms with E-state index in [1.807, 2.05) is 0 Å². The molecule has 0 aliphatic carbocycles. The number of hydrogen-bond acceptors (Lipinski definition) is 3. The lowest BCUT2D eigenvalue weighted by molar-refractivity contribution is 0.0955. The van der Waals surface area contributed by atoms with Crippen LogP contribution in [0, 0.1) is 11.6 Å². The first-order valence-corrected chi connectivity index (χ1v) is 6.06. The number of halogens is 2. The molecule has 0 fully saturated rings. The van der Waals surface area contributed by atoms with Gasteiger partial charge in [0.25, 0.3) is 5.91 Å². The fourth-order valence-corrected chi connectivity index (χ4v) is 1.66. The number of rotatable bonds is 3. The summed E-state index contributed by atoms with van der Waals surface area (Å²) in [6.45, 7) is 1.51. The number of hydrogen-bond donors (Lipinski definition) is 2. The summed E-state index contributed by atoms with van der Waals surface area (Å²) in [5.41, 5.74) is 2.90. The lowest BCUT2D eigenvalue weighted by atomic mass is 10.1. The Hall–Kier alpha value is -2.76. The minimum atomic E-state index is -0.537. The molecule has 2 N–H and O–H groups in total. The number of nitrogens with zero attached hydrogens (tertiary/aromatic N) is 1. The van der Waals surface area contributed by atoms with Gasteiger partial charge in [0.15, 0.2) is 0 Å². The maximum Gasteiger partial charge on any atom is 0.271 e. The normalized spacial score (nSPS) is 11.3. The summed E-state index contributed by atoms with van der Waals surface area (Å²) >= 11 is 0. The van der Waals surface area contributed by atoms with Crippen molar-refractivity contribution >= 4 is 11.6 Å². The van der Waals surface area contributed by atoms with E-state index in [2.05, 4.69) is 10.5 Å². The second-order valence-corrected chi connectivity index (χ2v) is 4.31. The van der Waals surface area contributed by atoms with Gasteiger partial charge in [0, 0.05) is 11.1 Å². The molecule has 108 valence electrons. The average Bonchev–Trinajstić information content (AvgIpc) is 2.47. The third-order valence-corrected chi connectivity index (χ3v) is 2.78. The summed E-state index contributed by atoms with van der Waals surface area (Å²) in [5.74, 6) is -1.66. The van der Waals surface area contributed by atoms with E-state index in [4.69, 9.17) is 0 Å². The van der Waals surface area contributed by atoms with Crippen molar-refractivity contribution in [3.05, 3.63) is 65.2 Å². The van der Waals surface area contributed by atoms with Crippen LogP contribution in [-0.2, 0) is 0 Å². The van der Waals surface area contributed by atoms with E-state index in [9.17, 15) is 18.7 Å². The number of amides is 1. The van der Waals surface area contributed by atoms with Crippen LogP contribution in [0.15, 0.2) is 47.6 Å². The van der Waals surface area contributed by atoms with Crippen LogP contribution in [0.5, 0.6) is 5.75 Å². The highest BCUT2D eigenvalue weighted by Gasteiger charge is 2.08. The van der Waals surface area contributed by atoms with Crippen molar-refractivity contribution < 1.29 is 18.7 Å². The SMILES string of the molecule is C/C(=N\NC(=O)c1ccc(F)cc1)c1cc(F)ccc1O. The smallest absolute Gasteiger partial charge is 0.271 e. The maximum absolute atomic E-state index is 13.1. The molecular formula is C15H12F2N2O2. The Morgan fingerprint density at radius 1 is 1.10 bits per heavy atom. The van der Waals surface area contributed by atoms with Crippen molar-refractivity contribution in [1.29, 1.82) is 0 Å². The Morgan fingerprint density at radius 2 is 1.71 bits per heavy atom. The molecule has 4 nitrogen and oxygen atoms in total. The summed E-state index contributed by atoms with van der Waals surface area (Å²) < 4.78 is 25.9. The van der Waals surface area contributed by atoms with Crippen LogP contribution in [0.2, 0.25) is 0 Å². The number of phenols is 1. The fraction of sp³-hybridized carbons (Fsp3) is 0.0667. The number of nitrogens with one attached hydrogen (secondary N) is 1. The van der Waals surface area contributed by atoms with E-state index >= 15 is 0 Å². The topological polar surface area (TPSA) is 61.7 Å². The van der Waals surface area contributed by atoms with Crippen LogP contribution in [0.1, 0.15) is 22.8 Å². The van der Waals surface area contributed by atoms with Crippen molar-refractivity contribution in [3.8, 4) is 5.75 Å². The average molecular weight is 290 g/mol. The third kappa shape index (κ3) is 3.62. The Kier molecular flexibility index (Phi) is 4.27. The number of aromatic hydroxyl groups is 1. The first-order chi connectivity index (χ1) is 9.97. The van der Waals surface area contributed by atoms with E-state index in [1.54, 1.807) is 0 Å². The number of phenolic OH excluding ortho intramolecular Hbond substituents is 1. The van der Waals surface area contributed by atoms with Crippen molar-refractivity contribution in [2.45, 2.75) is 6.92 Å². The highest BCUT2D eigenvalue weighted by Crippen LogP contribution is 2.18. The van der Waals surface area contributed by atoms with Crippen LogP contribution in [-0.4, -0.2) is 16.7 Å². The monoisotopic (exact) mass is 290 g/mol. The summed E-state index contributed by atoms with van der Waals surface area (Å²) in [4.78, 5) is 11.8. The van der Waals surface area contributed by atoms with Gasteiger partial charge < -0.3 is 5.11 Å². The summed E-state index contributed by atoms with van der Waals surface area (Å²) in [6.07, 6.45) is 0. The first-order valence-electron chi connectivity index (χ1n) is 6.06. The molecule has 2 aromatic rings. The van der Waals surface area contributed by atoms with E-state index in [1.165, 1.54) is 25.1 Å². The maximum atomic E-state index is 13.1. The van der Waals surface area contributed by atoms with E-state index in [-0.39, 0.29) is 22.6 Å². The van der Waals surface area contributed by atoms with Gasteiger partial charge in [-0.3, -0.25) is 4.79 Å². The van der Waals surface area contributed by atoms with Gasteiger partial charge in [-0.15, -0.1) is 0 Å². The molecule has 0 heterocycles.